The molecule has 20 rings (SSSR count). The largest absolute Gasteiger partial charge is 0.480 e. The molecule has 10 aromatic heterocycles. The van der Waals surface area contributed by atoms with Gasteiger partial charge in [0.2, 0.25) is 11.8 Å². The number of ether oxygens (including phenoxy) is 1. The zero-order valence-corrected chi connectivity index (χ0v) is 72.1. The Balaban J connectivity index is 0.000000118. The van der Waals surface area contributed by atoms with Crippen LogP contribution in [0.15, 0.2) is 311 Å². The predicted molar refractivity (Wildman–Crippen MR) is 509 cm³/mol. The van der Waals surface area contributed by atoms with E-state index in [1.807, 2.05) is 176 Å². The van der Waals surface area contributed by atoms with Gasteiger partial charge in [-0.2, -0.15) is 0 Å². The topological polar surface area (TPSA) is 284 Å². The van der Waals surface area contributed by atoms with Crippen LogP contribution in [0, 0.1) is 37.1 Å². The Morgan fingerprint density at radius 2 is 0.674 bits per heavy atom. The number of pyridine rings is 5. The van der Waals surface area contributed by atoms with Crippen LogP contribution in [-0.4, -0.2) is 95.0 Å². The lowest BCUT2D eigenvalue weighted by molar-refractivity contribution is 0.402. The first-order chi connectivity index (χ1) is 62.8. The van der Waals surface area contributed by atoms with Crippen molar-refractivity contribution in [3.05, 3.63) is 361 Å². The second kappa shape index (κ2) is 39.2. The van der Waals surface area contributed by atoms with Gasteiger partial charge in [0.25, 0.3) is 0 Å². The van der Waals surface area contributed by atoms with Crippen molar-refractivity contribution in [3.63, 3.8) is 0 Å². The molecule has 20 nitrogen and oxygen atoms in total. The molecule has 6 N–H and O–H groups in total. The van der Waals surface area contributed by atoms with Crippen molar-refractivity contribution in [1.82, 2.24) is 74.8 Å². The zero-order chi connectivity index (χ0) is 89.8. The third kappa shape index (κ3) is 19.4. The highest BCUT2D eigenvalue weighted by atomic mass is 35.5. The van der Waals surface area contributed by atoms with E-state index < -0.39 is 11.6 Å². The van der Waals surface area contributed by atoms with Crippen LogP contribution in [0.4, 0.5) is 41.0 Å². The molecule has 10 aromatic carbocycles. The van der Waals surface area contributed by atoms with Gasteiger partial charge in [0.1, 0.15) is 66.0 Å². The van der Waals surface area contributed by atoms with E-state index in [-0.39, 0.29) is 27.6 Å². The standard InChI is InChI=1S/C24H23FN4.C20H13ClFN3O.C20H15FN4.C19H12ClFN4.C19H13ClN4/c1-4-29(5-2)24-20-14-17(9-11-22(20)27-15-28-24)19-7-6-12-26-23(19)18-8-10-21(25)16(3)13-18;1-26-20-15-9-12(5-7-18(15)24-11-25-20)14-3-2-8-23-19(14)13-4-6-17(22)16(21)10-13;1-12-9-14(6-7-17(12)21)19-16(3-2-8-23-19)13-4-5-15-11-24-20(22)25-18(15)10-13;20-15-9-12(3-5-16(15)21)18-13(2-1-7-23-18)11-4-6-17-14(8-11)19(22)25-10-24-17;20-14-4-1-3-13(9-14)18-15(5-2-8-22-18)12-6-7-17-16(10-12)19(21)24-11-23-17/h6-15H,4-5H2,1-3H3;2-11H,1H3;2-11H,1H3,(H2,22,24,25);1-10H,(H2,22,24,25);1-11H,(H2,21,23,24). The van der Waals surface area contributed by atoms with Gasteiger partial charge in [-0.25, -0.2) is 67.4 Å². The van der Waals surface area contributed by atoms with E-state index in [0.29, 0.717) is 45.1 Å². The molecule has 20 aromatic rings. The molecule has 27 heteroatoms. The first kappa shape index (κ1) is 86.7. The summed E-state index contributed by atoms with van der Waals surface area (Å²) >= 11 is 18.0. The number of fused-ring (bicyclic) bond motifs is 5. The monoisotopic (exact) mass is 1760 g/mol. The van der Waals surface area contributed by atoms with Gasteiger partial charge in [-0.15, -0.1) is 0 Å². The summed E-state index contributed by atoms with van der Waals surface area (Å²) in [5, 5.41) is 5.14. The van der Waals surface area contributed by atoms with Crippen molar-refractivity contribution in [1.29, 1.82) is 0 Å². The Kier molecular flexibility index (Phi) is 26.4. The number of nitrogens with zero attached hydrogens (tertiary/aromatic N) is 16. The number of halogens is 7. The van der Waals surface area contributed by atoms with E-state index in [0.717, 1.165) is 174 Å². The molecule has 0 aliphatic rings. The maximum Gasteiger partial charge on any atom is 0.224 e. The molecule has 0 atom stereocenters. The maximum absolute atomic E-state index is 13.8. The summed E-state index contributed by atoms with van der Waals surface area (Å²) in [6, 6.07) is 76.0. The Bertz CT molecular complexity index is 7590. The highest BCUT2D eigenvalue weighted by Crippen LogP contribution is 2.41. The second-order valence-electron chi connectivity index (χ2n) is 29.4. The van der Waals surface area contributed by atoms with Crippen LogP contribution in [0.2, 0.25) is 15.1 Å². The molecular weight excluding hydrogens is 1690 g/mol. The molecular formula is C102H76Cl3F4N19O. The average Bonchev–Trinajstić information content (AvgIpc) is 0.794. The van der Waals surface area contributed by atoms with Gasteiger partial charge >= 0.3 is 0 Å². The Hall–Kier alpha value is -15.8. The zero-order valence-electron chi connectivity index (χ0n) is 69.8. The third-order valence-electron chi connectivity index (χ3n) is 21.3. The first-order valence-corrected chi connectivity index (χ1v) is 41.7. The Morgan fingerprint density at radius 1 is 0.318 bits per heavy atom. The van der Waals surface area contributed by atoms with Gasteiger partial charge in [0, 0.05) is 132 Å². The summed E-state index contributed by atoms with van der Waals surface area (Å²) in [6.07, 6.45) is 16.4. The summed E-state index contributed by atoms with van der Waals surface area (Å²) in [4.78, 5) is 67.1. The number of nitrogen functional groups attached to an aromatic ring is 3. The van der Waals surface area contributed by atoms with Crippen molar-refractivity contribution < 1.29 is 22.3 Å². The molecule has 0 saturated heterocycles. The molecule has 10 heterocycles. The van der Waals surface area contributed by atoms with E-state index in [4.69, 9.17) is 56.7 Å². The fourth-order valence-electron chi connectivity index (χ4n) is 14.9. The number of methoxy groups -OCH3 is 1. The molecule has 634 valence electrons. The van der Waals surface area contributed by atoms with Crippen molar-refractivity contribution in [2.24, 2.45) is 0 Å². The van der Waals surface area contributed by atoms with Gasteiger partial charge in [-0.05, 0) is 236 Å². The van der Waals surface area contributed by atoms with Gasteiger partial charge in [-0.3, -0.25) is 24.9 Å². The van der Waals surface area contributed by atoms with E-state index >= 15 is 0 Å². The summed E-state index contributed by atoms with van der Waals surface area (Å²) in [7, 11) is 1.57. The summed E-state index contributed by atoms with van der Waals surface area (Å²) in [6.45, 7) is 9.51. The molecule has 0 radical (unpaired) electrons. The molecule has 0 amide bonds. The van der Waals surface area contributed by atoms with Gasteiger partial charge < -0.3 is 26.8 Å². The number of hydrogen-bond donors (Lipinski definition) is 3. The lowest BCUT2D eigenvalue weighted by Gasteiger charge is -2.21. The van der Waals surface area contributed by atoms with Gasteiger partial charge in [0.15, 0.2) is 0 Å². The van der Waals surface area contributed by atoms with Crippen molar-refractivity contribution in [3.8, 4) is 118 Å². The van der Waals surface area contributed by atoms with Gasteiger partial charge in [0.05, 0.1) is 78.6 Å². The average molecular weight is 1770 g/mol. The summed E-state index contributed by atoms with van der Waals surface area (Å²) in [5.74, 6) is 1.22. The minimum atomic E-state index is -0.460. The number of aromatic nitrogens is 15. The molecule has 0 fully saturated rings. The molecule has 0 bridgehead atoms. The lowest BCUT2D eigenvalue weighted by Crippen LogP contribution is -2.23. The van der Waals surface area contributed by atoms with Crippen molar-refractivity contribution in [2.45, 2.75) is 27.7 Å². The van der Waals surface area contributed by atoms with Crippen LogP contribution in [-0.2, 0) is 0 Å². The number of hydrogen-bond acceptors (Lipinski definition) is 20. The van der Waals surface area contributed by atoms with Crippen LogP contribution in [0.3, 0.4) is 0 Å². The first-order valence-electron chi connectivity index (χ1n) is 40.5. The molecule has 0 spiro atoms. The summed E-state index contributed by atoms with van der Waals surface area (Å²) < 4.78 is 59.7. The minimum Gasteiger partial charge on any atom is -0.480 e. The molecule has 0 aliphatic heterocycles. The van der Waals surface area contributed by atoms with E-state index in [2.05, 4.69) is 106 Å². The number of anilines is 4. The highest BCUT2D eigenvalue weighted by Gasteiger charge is 2.20. The molecule has 129 heavy (non-hydrogen) atoms. The van der Waals surface area contributed by atoms with E-state index in [1.54, 1.807) is 101 Å². The number of nitrogens with two attached hydrogens (primary N) is 3. The van der Waals surface area contributed by atoms with Crippen LogP contribution in [0.1, 0.15) is 25.0 Å². The van der Waals surface area contributed by atoms with Crippen LogP contribution < -0.4 is 26.8 Å². The number of benzene rings is 10. The SMILES string of the molecule is CCN(CC)c1ncnc2ccc(-c3cccnc3-c3ccc(F)c(C)c3)cc12.COc1ncnc2ccc(-c3cccnc3-c3ccc(F)c(Cl)c3)cc12.Cc1cc(-c2ncccc2-c2ccc3cnc(N)nc3c2)ccc1F.Nc1ncnc2ccc(-c3cccnc3-c3ccc(F)c(Cl)c3)cc12.Nc1ncnc2ccc(-c3cccnc3-c3cccc(Cl)c3)cc12. The van der Waals surface area contributed by atoms with E-state index in [1.165, 1.54) is 43.2 Å². The fourth-order valence-corrected chi connectivity index (χ4v) is 15.4. The highest BCUT2D eigenvalue weighted by molar-refractivity contribution is 6.31. The normalized spacial score (nSPS) is 10.9. The van der Waals surface area contributed by atoms with E-state index in [9.17, 15) is 17.6 Å². The second-order valence-corrected chi connectivity index (χ2v) is 30.6. The van der Waals surface area contributed by atoms with Crippen LogP contribution >= 0.6 is 34.8 Å². The fraction of sp³-hybridized carbons (Fsp3) is 0.0686. The molecule has 0 unspecified atom stereocenters. The quantitative estimate of drug-likeness (QED) is 0.0853. The Labute approximate surface area is 753 Å². The van der Waals surface area contributed by atoms with Crippen molar-refractivity contribution >= 4 is 113 Å². The number of aryl methyl sites for hydroxylation is 2. The van der Waals surface area contributed by atoms with Gasteiger partial charge in [-0.1, -0.05) is 114 Å². The third-order valence-corrected chi connectivity index (χ3v) is 22.2. The minimum absolute atomic E-state index is 0.0604. The van der Waals surface area contributed by atoms with Crippen LogP contribution in [0.25, 0.3) is 166 Å². The predicted octanol–water partition coefficient (Wildman–Crippen LogP) is 24.5. The van der Waals surface area contributed by atoms with Crippen LogP contribution in [0.5, 0.6) is 5.88 Å². The number of rotatable bonds is 14. The van der Waals surface area contributed by atoms with Crippen molar-refractivity contribution in [2.75, 3.05) is 42.3 Å². The lowest BCUT2D eigenvalue weighted by atomic mass is 9.97. The Morgan fingerprint density at radius 3 is 1.09 bits per heavy atom. The molecule has 0 saturated carbocycles. The maximum atomic E-state index is 13.8. The summed E-state index contributed by atoms with van der Waals surface area (Å²) in [5.41, 5.74) is 40.6. The smallest absolute Gasteiger partial charge is 0.224 e. The molecule has 0 aliphatic carbocycles.